The van der Waals surface area contributed by atoms with Crippen molar-refractivity contribution in [2.24, 2.45) is 11.8 Å². The van der Waals surface area contributed by atoms with Gasteiger partial charge in [0.25, 0.3) is 0 Å². The Labute approximate surface area is 123 Å². The van der Waals surface area contributed by atoms with Crippen molar-refractivity contribution in [3.63, 3.8) is 0 Å². The highest BCUT2D eigenvalue weighted by atomic mass is 15.1. The topological polar surface area (TPSA) is 3.24 Å². The SMILES string of the molecule is CCC(CC)CCCN(CC)CCCC(CC)CC. The van der Waals surface area contributed by atoms with E-state index in [9.17, 15) is 0 Å². The molecule has 0 aliphatic heterocycles. The van der Waals surface area contributed by atoms with Gasteiger partial charge in [0.2, 0.25) is 0 Å². The first-order chi connectivity index (χ1) is 9.21. The van der Waals surface area contributed by atoms with Gasteiger partial charge >= 0.3 is 0 Å². The Kier molecular flexibility index (Phi) is 12.9. The van der Waals surface area contributed by atoms with Gasteiger partial charge in [0.1, 0.15) is 0 Å². The molecule has 0 heterocycles. The first kappa shape index (κ1) is 19.0. The highest BCUT2D eigenvalue weighted by molar-refractivity contribution is 4.62. The van der Waals surface area contributed by atoms with Crippen LogP contribution in [0.4, 0.5) is 0 Å². The third-order valence-electron chi connectivity index (χ3n) is 4.93. The van der Waals surface area contributed by atoms with Crippen LogP contribution < -0.4 is 0 Å². The fourth-order valence-electron chi connectivity index (χ4n) is 3.03. The Morgan fingerprint density at radius 3 is 1.26 bits per heavy atom. The molecule has 0 spiro atoms. The molecule has 0 unspecified atom stereocenters. The Morgan fingerprint density at radius 1 is 0.632 bits per heavy atom. The third kappa shape index (κ3) is 9.49. The summed E-state index contributed by atoms with van der Waals surface area (Å²) in [6.45, 7) is 15.5. The zero-order valence-corrected chi connectivity index (χ0v) is 14.4. The minimum Gasteiger partial charge on any atom is -0.304 e. The Balaban J connectivity index is 3.70. The molecule has 116 valence electrons. The molecular weight excluding hydrogens is 230 g/mol. The van der Waals surface area contributed by atoms with Crippen LogP contribution in [0.2, 0.25) is 0 Å². The van der Waals surface area contributed by atoms with Crippen LogP contribution in [0.5, 0.6) is 0 Å². The Hall–Kier alpha value is -0.0400. The zero-order valence-electron chi connectivity index (χ0n) is 14.4. The van der Waals surface area contributed by atoms with E-state index < -0.39 is 0 Å². The van der Waals surface area contributed by atoms with Crippen molar-refractivity contribution in [3.8, 4) is 0 Å². The summed E-state index contributed by atoms with van der Waals surface area (Å²) in [5.74, 6) is 1.92. The molecule has 0 rings (SSSR count). The van der Waals surface area contributed by atoms with Crippen LogP contribution in [-0.2, 0) is 0 Å². The van der Waals surface area contributed by atoms with Crippen molar-refractivity contribution in [2.45, 2.75) is 86.0 Å². The molecule has 19 heavy (non-hydrogen) atoms. The molecule has 0 saturated carbocycles. The lowest BCUT2D eigenvalue weighted by atomic mass is 9.97. The lowest BCUT2D eigenvalue weighted by Crippen LogP contribution is -2.26. The highest BCUT2D eigenvalue weighted by Crippen LogP contribution is 2.17. The predicted molar refractivity (Wildman–Crippen MR) is 88.7 cm³/mol. The maximum atomic E-state index is 2.66. The second kappa shape index (κ2) is 13.0. The molecule has 0 aliphatic rings. The van der Waals surface area contributed by atoms with E-state index in [2.05, 4.69) is 39.5 Å². The van der Waals surface area contributed by atoms with Crippen molar-refractivity contribution in [2.75, 3.05) is 19.6 Å². The average molecular weight is 270 g/mol. The number of hydrogen-bond donors (Lipinski definition) is 0. The first-order valence-electron chi connectivity index (χ1n) is 8.93. The van der Waals surface area contributed by atoms with E-state index in [4.69, 9.17) is 0 Å². The second-order valence-electron chi connectivity index (χ2n) is 6.08. The second-order valence-corrected chi connectivity index (χ2v) is 6.08. The van der Waals surface area contributed by atoms with Crippen LogP contribution in [-0.4, -0.2) is 24.5 Å². The minimum atomic E-state index is 0.961. The summed E-state index contributed by atoms with van der Waals surface area (Å²) >= 11 is 0. The van der Waals surface area contributed by atoms with Gasteiger partial charge in [0, 0.05) is 0 Å². The number of rotatable bonds is 13. The maximum Gasteiger partial charge on any atom is -0.00188 e. The molecule has 0 amide bonds. The standard InChI is InChI=1S/C18H39N/c1-6-17(7-2)13-11-15-19(10-5)16-12-14-18(8-3)9-4/h17-18H,6-16H2,1-5H3. The number of hydrogen-bond acceptors (Lipinski definition) is 1. The van der Waals surface area contributed by atoms with Gasteiger partial charge in [-0.2, -0.15) is 0 Å². The van der Waals surface area contributed by atoms with Gasteiger partial charge in [0.15, 0.2) is 0 Å². The van der Waals surface area contributed by atoms with Crippen LogP contribution in [0.1, 0.15) is 86.0 Å². The van der Waals surface area contributed by atoms with Crippen LogP contribution in [0, 0.1) is 11.8 Å². The van der Waals surface area contributed by atoms with E-state index in [1.54, 1.807) is 0 Å². The fourth-order valence-corrected chi connectivity index (χ4v) is 3.03. The molecule has 0 bridgehead atoms. The van der Waals surface area contributed by atoms with Crippen LogP contribution in [0.15, 0.2) is 0 Å². The number of nitrogens with zero attached hydrogens (tertiary/aromatic N) is 1. The van der Waals surface area contributed by atoms with Crippen molar-refractivity contribution in [1.29, 1.82) is 0 Å². The van der Waals surface area contributed by atoms with Gasteiger partial charge in [-0.05, 0) is 57.2 Å². The largest absolute Gasteiger partial charge is 0.304 e. The monoisotopic (exact) mass is 269 g/mol. The smallest absolute Gasteiger partial charge is 0.00188 e. The summed E-state index contributed by atoms with van der Waals surface area (Å²) in [5.41, 5.74) is 0. The molecule has 0 aliphatic carbocycles. The molecule has 0 atom stereocenters. The summed E-state index contributed by atoms with van der Waals surface area (Å²) in [6.07, 6.45) is 11.1. The third-order valence-corrected chi connectivity index (χ3v) is 4.93. The van der Waals surface area contributed by atoms with Crippen LogP contribution >= 0.6 is 0 Å². The lowest BCUT2D eigenvalue weighted by molar-refractivity contribution is 0.256. The summed E-state index contributed by atoms with van der Waals surface area (Å²) in [7, 11) is 0. The summed E-state index contributed by atoms with van der Waals surface area (Å²) < 4.78 is 0. The quantitative estimate of drug-likeness (QED) is 0.412. The van der Waals surface area contributed by atoms with Crippen LogP contribution in [0.3, 0.4) is 0 Å². The molecule has 0 aromatic rings. The Bertz CT molecular complexity index is 153. The molecular formula is C18H39N. The van der Waals surface area contributed by atoms with Crippen molar-refractivity contribution >= 4 is 0 Å². The van der Waals surface area contributed by atoms with Crippen LogP contribution in [0.25, 0.3) is 0 Å². The predicted octanol–water partition coefficient (Wildman–Crippen LogP) is 5.74. The normalized spacial score (nSPS) is 12.0. The van der Waals surface area contributed by atoms with Crippen molar-refractivity contribution < 1.29 is 0 Å². The van der Waals surface area contributed by atoms with E-state index >= 15 is 0 Å². The van der Waals surface area contributed by atoms with Gasteiger partial charge < -0.3 is 4.90 Å². The molecule has 1 heteroatoms. The van der Waals surface area contributed by atoms with E-state index in [0.29, 0.717) is 0 Å². The van der Waals surface area contributed by atoms with E-state index in [1.165, 1.54) is 71.0 Å². The van der Waals surface area contributed by atoms with Gasteiger partial charge in [-0.25, -0.2) is 0 Å². The molecule has 0 aromatic carbocycles. The van der Waals surface area contributed by atoms with E-state index in [0.717, 1.165) is 11.8 Å². The summed E-state index contributed by atoms with van der Waals surface area (Å²) in [6, 6.07) is 0. The van der Waals surface area contributed by atoms with E-state index in [1.807, 2.05) is 0 Å². The summed E-state index contributed by atoms with van der Waals surface area (Å²) in [4.78, 5) is 2.66. The first-order valence-corrected chi connectivity index (χ1v) is 8.93. The highest BCUT2D eigenvalue weighted by Gasteiger charge is 2.08. The van der Waals surface area contributed by atoms with E-state index in [-0.39, 0.29) is 0 Å². The van der Waals surface area contributed by atoms with Crippen molar-refractivity contribution in [3.05, 3.63) is 0 Å². The fraction of sp³-hybridized carbons (Fsp3) is 1.00. The maximum absolute atomic E-state index is 2.66. The Morgan fingerprint density at radius 2 is 1.00 bits per heavy atom. The molecule has 1 nitrogen and oxygen atoms in total. The van der Waals surface area contributed by atoms with Gasteiger partial charge in [-0.3, -0.25) is 0 Å². The zero-order chi connectivity index (χ0) is 14.5. The molecule has 0 aromatic heterocycles. The molecule has 0 saturated heterocycles. The van der Waals surface area contributed by atoms with Gasteiger partial charge in [-0.1, -0.05) is 60.3 Å². The minimum absolute atomic E-state index is 0.961. The van der Waals surface area contributed by atoms with Crippen molar-refractivity contribution in [1.82, 2.24) is 4.90 Å². The molecule has 0 N–H and O–H groups in total. The van der Waals surface area contributed by atoms with Gasteiger partial charge in [0.05, 0.1) is 0 Å². The molecule has 0 radical (unpaired) electrons. The van der Waals surface area contributed by atoms with Gasteiger partial charge in [-0.15, -0.1) is 0 Å². The molecule has 0 fully saturated rings. The summed E-state index contributed by atoms with van der Waals surface area (Å²) in [5, 5.41) is 0. The lowest BCUT2D eigenvalue weighted by Gasteiger charge is -2.22. The average Bonchev–Trinajstić information content (AvgIpc) is 2.46.